The van der Waals surface area contributed by atoms with Crippen molar-refractivity contribution in [3.8, 4) is 6.07 Å². The van der Waals surface area contributed by atoms with Gasteiger partial charge in [-0.05, 0) is 76.5 Å². The van der Waals surface area contributed by atoms with Crippen LogP contribution in [0.3, 0.4) is 0 Å². The van der Waals surface area contributed by atoms with Crippen molar-refractivity contribution in [3.05, 3.63) is 0 Å². The first-order valence-electron chi connectivity index (χ1n) is 8.85. The third kappa shape index (κ3) is 6.36. The topological polar surface area (TPSA) is 39.1 Å². The third-order valence-electron chi connectivity index (χ3n) is 5.04. The number of nitrogens with one attached hydrogen (secondary N) is 1. The number of nitriles is 1. The first-order chi connectivity index (χ1) is 9.97. The minimum Gasteiger partial charge on any atom is -0.303 e. The van der Waals surface area contributed by atoms with Crippen molar-refractivity contribution in [2.75, 3.05) is 26.2 Å². The van der Waals surface area contributed by atoms with Crippen LogP contribution in [0.2, 0.25) is 0 Å². The van der Waals surface area contributed by atoms with Gasteiger partial charge in [0.25, 0.3) is 0 Å². The summed E-state index contributed by atoms with van der Waals surface area (Å²) in [6.07, 6.45) is 8.05. The van der Waals surface area contributed by atoms with Gasteiger partial charge < -0.3 is 4.90 Å². The van der Waals surface area contributed by atoms with Crippen molar-refractivity contribution < 1.29 is 0 Å². The maximum Gasteiger partial charge on any atom is 0.106 e. The van der Waals surface area contributed by atoms with E-state index in [4.69, 9.17) is 0 Å². The van der Waals surface area contributed by atoms with E-state index in [2.05, 4.69) is 44.0 Å². The lowest BCUT2D eigenvalue weighted by Crippen LogP contribution is -2.44. The van der Waals surface area contributed by atoms with Crippen LogP contribution in [-0.4, -0.2) is 36.6 Å². The molecule has 1 heterocycles. The Morgan fingerprint density at radius 2 is 2.00 bits per heavy atom. The Hall–Kier alpha value is -0.590. The smallest absolute Gasteiger partial charge is 0.106 e. The molecule has 0 aliphatic carbocycles. The molecule has 1 rings (SSSR count). The summed E-state index contributed by atoms with van der Waals surface area (Å²) in [5.74, 6) is 0. The fraction of sp³-hybridized carbons (Fsp3) is 0.944. The second-order valence-corrected chi connectivity index (χ2v) is 7.44. The van der Waals surface area contributed by atoms with Gasteiger partial charge in [0.2, 0.25) is 0 Å². The highest BCUT2D eigenvalue weighted by atomic mass is 15.1. The SMILES string of the molecule is CCCNC(C#N)(CC)CCCN1CCCC(C)(C)CC1. The van der Waals surface area contributed by atoms with E-state index in [1.54, 1.807) is 0 Å². The molecule has 0 aromatic heterocycles. The van der Waals surface area contributed by atoms with Crippen molar-refractivity contribution >= 4 is 0 Å². The van der Waals surface area contributed by atoms with Crippen molar-refractivity contribution in [1.82, 2.24) is 10.2 Å². The Morgan fingerprint density at radius 3 is 2.62 bits per heavy atom. The lowest BCUT2D eigenvalue weighted by Gasteiger charge is -2.28. The molecule has 3 heteroatoms. The summed E-state index contributed by atoms with van der Waals surface area (Å²) in [4.78, 5) is 2.60. The number of likely N-dealkylation sites (tertiary alicyclic amines) is 1. The summed E-state index contributed by atoms with van der Waals surface area (Å²) in [5.41, 5.74) is 0.207. The summed E-state index contributed by atoms with van der Waals surface area (Å²) < 4.78 is 0. The minimum absolute atomic E-state index is 0.304. The Bertz CT molecular complexity index is 332. The van der Waals surface area contributed by atoms with Crippen LogP contribution in [0, 0.1) is 16.7 Å². The van der Waals surface area contributed by atoms with Gasteiger partial charge in [-0.25, -0.2) is 0 Å². The maximum atomic E-state index is 9.53. The molecule has 0 spiro atoms. The number of hydrogen-bond donors (Lipinski definition) is 1. The molecule has 0 bridgehead atoms. The lowest BCUT2D eigenvalue weighted by atomic mass is 9.85. The molecule has 3 nitrogen and oxygen atoms in total. The quantitative estimate of drug-likeness (QED) is 0.736. The summed E-state index contributed by atoms with van der Waals surface area (Å²) in [5, 5.41) is 13.0. The molecule has 21 heavy (non-hydrogen) atoms. The molecular formula is C18H35N3. The van der Waals surface area contributed by atoms with Gasteiger partial charge in [0.15, 0.2) is 0 Å². The Labute approximate surface area is 132 Å². The zero-order valence-electron chi connectivity index (χ0n) is 14.7. The van der Waals surface area contributed by atoms with E-state index in [0.717, 1.165) is 38.8 Å². The monoisotopic (exact) mass is 293 g/mol. The zero-order chi connectivity index (χ0) is 15.8. The lowest BCUT2D eigenvalue weighted by molar-refractivity contribution is 0.246. The summed E-state index contributed by atoms with van der Waals surface area (Å²) in [7, 11) is 0. The molecule has 1 unspecified atom stereocenters. The van der Waals surface area contributed by atoms with Gasteiger partial charge in [0.05, 0.1) is 6.07 Å². The predicted molar refractivity (Wildman–Crippen MR) is 90.2 cm³/mol. The van der Waals surface area contributed by atoms with Crippen molar-refractivity contribution in [1.29, 1.82) is 5.26 Å². The summed E-state index contributed by atoms with van der Waals surface area (Å²) in [6.45, 7) is 13.6. The molecule has 0 radical (unpaired) electrons. The molecule has 0 aromatic carbocycles. The van der Waals surface area contributed by atoms with E-state index in [1.807, 2.05) is 0 Å². The Morgan fingerprint density at radius 1 is 1.24 bits per heavy atom. The van der Waals surface area contributed by atoms with Gasteiger partial charge in [-0.3, -0.25) is 5.32 Å². The molecule has 0 amide bonds. The fourth-order valence-corrected chi connectivity index (χ4v) is 3.24. The molecule has 1 saturated heterocycles. The number of nitrogens with zero attached hydrogens (tertiary/aromatic N) is 2. The zero-order valence-corrected chi connectivity index (χ0v) is 14.7. The first kappa shape index (κ1) is 18.5. The van der Waals surface area contributed by atoms with Crippen LogP contribution >= 0.6 is 0 Å². The third-order valence-corrected chi connectivity index (χ3v) is 5.04. The van der Waals surface area contributed by atoms with Gasteiger partial charge >= 0.3 is 0 Å². The highest BCUT2D eigenvalue weighted by Gasteiger charge is 2.27. The number of rotatable bonds is 8. The molecule has 0 aromatic rings. The van der Waals surface area contributed by atoms with Crippen molar-refractivity contribution in [2.45, 2.75) is 78.2 Å². The Balaban J connectivity index is 2.38. The van der Waals surface area contributed by atoms with Crippen LogP contribution in [0.25, 0.3) is 0 Å². The summed E-state index contributed by atoms with van der Waals surface area (Å²) >= 11 is 0. The van der Waals surface area contributed by atoms with E-state index in [9.17, 15) is 5.26 Å². The average molecular weight is 293 g/mol. The molecule has 1 aliphatic rings. The standard InChI is InChI=1S/C18H35N3/c1-5-12-20-18(6-2,16-19)10-8-14-21-13-7-9-17(3,4)11-15-21/h20H,5-15H2,1-4H3. The van der Waals surface area contributed by atoms with Gasteiger partial charge in [-0.15, -0.1) is 0 Å². The minimum atomic E-state index is -0.304. The van der Waals surface area contributed by atoms with Crippen LogP contribution in [0.4, 0.5) is 0 Å². The second kappa shape index (κ2) is 8.76. The van der Waals surface area contributed by atoms with E-state index in [-0.39, 0.29) is 5.54 Å². The van der Waals surface area contributed by atoms with Crippen molar-refractivity contribution in [2.24, 2.45) is 5.41 Å². The summed E-state index contributed by atoms with van der Waals surface area (Å²) in [6, 6.07) is 2.53. The molecule has 1 atom stereocenters. The van der Waals surface area contributed by atoms with Crippen molar-refractivity contribution in [3.63, 3.8) is 0 Å². The average Bonchev–Trinajstić information content (AvgIpc) is 2.64. The van der Waals surface area contributed by atoms with E-state index in [0.29, 0.717) is 5.41 Å². The van der Waals surface area contributed by atoms with Crippen LogP contribution in [0.15, 0.2) is 0 Å². The van der Waals surface area contributed by atoms with Gasteiger partial charge in [-0.2, -0.15) is 5.26 Å². The van der Waals surface area contributed by atoms with E-state index >= 15 is 0 Å². The van der Waals surface area contributed by atoms with Gasteiger partial charge in [0, 0.05) is 0 Å². The van der Waals surface area contributed by atoms with Gasteiger partial charge in [0.1, 0.15) is 5.54 Å². The predicted octanol–water partition coefficient (Wildman–Crippen LogP) is 3.95. The molecule has 1 aliphatic heterocycles. The van der Waals surface area contributed by atoms with E-state index in [1.165, 1.54) is 32.4 Å². The molecular weight excluding hydrogens is 258 g/mol. The Kier molecular flexibility index (Phi) is 7.70. The van der Waals surface area contributed by atoms with Gasteiger partial charge in [-0.1, -0.05) is 27.7 Å². The normalized spacial score (nSPS) is 22.2. The van der Waals surface area contributed by atoms with Crippen LogP contribution in [0.1, 0.15) is 72.6 Å². The number of hydrogen-bond acceptors (Lipinski definition) is 3. The van der Waals surface area contributed by atoms with Crippen LogP contribution in [-0.2, 0) is 0 Å². The second-order valence-electron chi connectivity index (χ2n) is 7.44. The molecule has 0 saturated carbocycles. The first-order valence-corrected chi connectivity index (χ1v) is 8.85. The van der Waals surface area contributed by atoms with Crippen LogP contribution < -0.4 is 5.32 Å². The molecule has 122 valence electrons. The van der Waals surface area contributed by atoms with Crippen LogP contribution in [0.5, 0.6) is 0 Å². The van der Waals surface area contributed by atoms with E-state index < -0.39 is 0 Å². The molecule has 1 fully saturated rings. The highest BCUT2D eigenvalue weighted by Crippen LogP contribution is 2.30. The fourth-order valence-electron chi connectivity index (χ4n) is 3.24. The largest absolute Gasteiger partial charge is 0.303 e. The molecule has 1 N–H and O–H groups in total. The maximum absolute atomic E-state index is 9.53. The highest BCUT2D eigenvalue weighted by molar-refractivity contribution is 5.06.